The van der Waals surface area contributed by atoms with E-state index in [-0.39, 0.29) is 5.91 Å². The summed E-state index contributed by atoms with van der Waals surface area (Å²) in [7, 11) is 0. The molecule has 2 N–H and O–H groups in total. The van der Waals surface area contributed by atoms with Crippen LogP contribution in [0.1, 0.15) is 50.5 Å². The number of amides is 2. The van der Waals surface area contributed by atoms with Gasteiger partial charge in [0.15, 0.2) is 0 Å². The van der Waals surface area contributed by atoms with Gasteiger partial charge in [0.05, 0.1) is 5.54 Å². The Balaban J connectivity index is 2.57. The van der Waals surface area contributed by atoms with E-state index in [1.807, 2.05) is 39.0 Å². The van der Waals surface area contributed by atoms with Crippen molar-refractivity contribution >= 4 is 12.0 Å². The minimum absolute atomic E-state index is 0.155. The lowest BCUT2D eigenvalue weighted by Crippen LogP contribution is -2.52. The Morgan fingerprint density at radius 1 is 1.09 bits per heavy atom. The Kier molecular flexibility index (Phi) is 5.58. The predicted molar refractivity (Wildman–Crippen MR) is 87.0 cm³/mol. The molecule has 1 aromatic rings. The second kappa shape index (κ2) is 6.81. The van der Waals surface area contributed by atoms with E-state index in [0.717, 1.165) is 5.56 Å². The summed E-state index contributed by atoms with van der Waals surface area (Å²) in [5.41, 5.74) is 0.388. The van der Waals surface area contributed by atoms with Crippen LogP contribution in [0.2, 0.25) is 0 Å². The number of alkyl carbamates (subject to hydrolysis) is 1. The third-order valence-electron chi connectivity index (χ3n) is 2.92. The van der Waals surface area contributed by atoms with E-state index in [1.165, 1.54) is 0 Å². The summed E-state index contributed by atoms with van der Waals surface area (Å²) >= 11 is 0. The molecule has 0 bridgehead atoms. The van der Waals surface area contributed by atoms with Gasteiger partial charge in [-0.1, -0.05) is 18.2 Å². The van der Waals surface area contributed by atoms with Gasteiger partial charge >= 0.3 is 6.09 Å². The van der Waals surface area contributed by atoms with Crippen LogP contribution in [0.5, 0.6) is 0 Å². The first kappa shape index (κ1) is 18.0. The molecule has 2 amide bonds. The number of carbonyl (C=O) groups excluding carboxylic acids is 2. The number of nitrogens with one attached hydrogen (secondary N) is 2. The van der Waals surface area contributed by atoms with E-state index >= 15 is 0 Å². The topological polar surface area (TPSA) is 67.4 Å². The molecule has 0 aliphatic carbocycles. The zero-order valence-electron chi connectivity index (χ0n) is 14.2. The summed E-state index contributed by atoms with van der Waals surface area (Å²) in [6.45, 7) is 11.3. The molecule has 0 unspecified atom stereocenters. The van der Waals surface area contributed by atoms with Crippen molar-refractivity contribution in [2.45, 2.75) is 52.7 Å². The first-order valence-corrected chi connectivity index (χ1v) is 7.35. The van der Waals surface area contributed by atoms with Crippen LogP contribution in [-0.2, 0) is 4.74 Å². The van der Waals surface area contributed by atoms with Gasteiger partial charge in [-0.25, -0.2) is 4.79 Å². The average molecular weight is 306 g/mol. The van der Waals surface area contributed by atoms with Crippen molar-refractivity contribution in [1.29, 1.82) is 0 Å². The maximum Gasteiger partial charge on any atom is 0.408 e. The van der Waals surface area contributed by atoms with Crippen molar-refractivity contribution in [2.24, 2.45) is 0 Å². The van der Waals surface area contributed by atoms with Crippen LogP contribution in [0.3, 0.4) is 0 Å². The molecule has 0 aromatic heterocycles. The molecule has 0 saturated heterocycles. The summed E-state index contributed by atoms with van der Waals surface area (Å²) in [5, 5.41) is 5.60. The maximum atomic E-state index is 12.2. The van der Waals surface area contributed by atoms with Crippen LogP contribution >= 0.6 is 0 Å². The second-order valence-electron chi connectivity index (χ2n) is 7.01. The van der Waals surface area contributed by atoms with Gasteiger partial charge in [0.25, 0.3) is 5.91 Å². The zero-order chi connectivity index (χ0) is 17.0. The monoisotopic (exact) mass is 306 g/mol. The fraction of sp³-hybridized carbons (Fsp3) is 0.529. The highest BCUT2D eigenvalue weighted by atomic mass is 16.6. The molecule has 0 spiro atoms. The number of benzene rings is 1. The summed E-state index contributed by atoms with van der Waals surface area (Å²) < 4.78 is 5.22. The molecule has 0 saturated carbocycles. The molecule has 22 heavy (non-hydrogen) atoms. The van der Waals surface area contributed by atoms with Crippen molar-refractivity contribution in [3.8, 4) is 0 Å². The fourth-order valence-corrected chi connectivity index (χ4v) is 1.85. The molecule has 122 valence electrons. The van der Waals surface area contributed by atoms with Crippen LogP contribution < -0.4 is 10.6 Å². The molecule has 0 radical (unpaired) electrons. The smallest absolute Gasteiger partial charge is 0.408 e. The Hall–Kier alpha value is -2.04. The predicted octanol–water partition coefficient (Wildman–Crippen LogP) is 3.03. The van der Waals surface area contributed by atoms with Crippen molar-refractivity contribution in [3.63, 3.8) is 0 Å². The van der Waals surface area contributed by atoms with Gasteiger partial charge in [-0.05, 0) is 53.2 Å². The number of hydrogen-bond acceptors (Lipinski definition) is 3. The van der Waals surface area contributed by atoms with E-state index in [4.69, 9.17) is 4.74 Å². The highest BCUT2D eigenvalue weighted by molar-refractivity contribution is 5.95. The van der Waals surface area contributed by atoms with Crippen LogP contribution in [-0.4, -0.2) is 29.7 Å². The highest BCUT2D eigenvalue weighted by Gasteiger charge is 2.25. The van der Waals surface area contributed by atoms with E-state index in [9.17, 15) is 9.59 Å². The number of ether oxygens (including phenoxy) is 1. The van der Waals surface area contributed by atoms with E-state index < -0.39 is 17.2 Å². The van der Waals surface area contributed by atoms with Gasteiger partial charge in [-0.2, -0.15) is 0 Å². The summed E-state index contributed by atoms with van der Waals surface area (Å²) in [6.07, 6.45) is -0.498. The zero-order valence-corrected chi connectivity index (χ0v) is 14.2. The highest BCUT2D eigenvalue weighted by Crippen LogP contribution is 2.10. The summed E-state index contributed by atoms with van der Waals surface area (Å²) in [5.74, 6) is -0.155. The molecule has 0 aliphatic rings. The quantitative estimate of drug-likeness (QED) is 0.898. The molecule has 0 atom stereocenters. The Labute approximate surface area is 132 Å². The molecule has 5 heteroatoms. The van der Waals surface area contributed by atoms with Gasteiger partial charge in [0.2, 0.25) is 0 Å². The Morgan fingerprint density at radius 2 is 1.68 bits per heavy atom. The lowest BCUT2D eigenvalue weighted by Gasteiger charge is -2.28. The van der Waals surface area contributed by atoms with Gasteiger partial charge in [-0.3, -0.25) is 4.79 Å². The molecular formula is C17H26N2O3. The van der Waals surface area contributed by atoms with Crippen molar-refractivity contribution in [2.75, 3.05) is 6.54 Å². The van der Waals surface area contributed by atoms with Gasteiger partial charge in [-0.15, -0.1) is 0 Å². The standard InChI is InChI=1S/C17H26N2O3/c1-12-9-7-8-10-13(12)14(20)18-11-17(5,6)19-15(21)22-16(2,3)4/h7-10H,11H2,1-6H3,(H,18,20)(H,19,21). The molecule has 1 rings (SSSR count). The first-order chi connectivity index (χ1) is 10.0. The van der Waals surface area contributed by atoms with Crippen LogP contribution in [0.4, 0.5) is 4.79 Å². The van der Waals surface area contributed by atoms with Crippen LogP contribution in [0.15, 0.2) is 24.3 Å². The fourth-order valence-electron chi connectivity index (χ4n) is 1.85. The normalized spacial score (nSPS) is 11.7. The Morgan fingerprint density at radius 3 is 2.23 bits per heavy atom. The molecular weight excluding hydrogens is 280 g/mol. The first-order valence-electron chi connectivity index (χ1n) is 7.35. The number of aryl methyl sites for hydroxylation is 1. The van der Waals surface area contributed by atoms with E-state index in [2.05, 4.69) is 10.6 Å². The van der Waals surface area contributed by atoms with Gasteiger partial charge in [0, 0.05) is 12.1 Å². The van der Waals surface area contributed by atoms with Crippen LogP contribution in [0, 0.1) is 6.92 Å². The molecule has 5 nitrogen and oxygen atoms in total. The van der Waals surface area contributed by atoms with Gasteiger partial charge < -0.3 is 15.4 Å². The molecule has 0 heterocycles. The number of rotatable bonds is 4. The summed E-state index contributed by atoms with van der Waals surface area (Å²) in [4.78, 5) is 24.0. The van der Waals surface area contributed by atoms with Crippen LogP contribution in [0.25, 0.3) is 0 Å². The minimum atomic E-state index is -0.610. The van der Waals surface area contributed by atoms with E-state index in [1.54, 1.807) is 26.8 Å². The van der Waals surface area contributed by atoms with Crippen molar-refractivity contribution < 1.29 is 14.3 Å². The number of hydrogen-bond donors (Lipinski definition) is 2. The molecule has 1 aromatic carbocycles. The van der Waals surface area contributed by atoms with Gasteiger partial charge in [0.1, 0.15) is 5.60 Å². The SMILES string of the molecule is Cc1ccccc1C(=O)NCC(C)(C)NC(=O)OC(C)(C)C. The van der Waals surface area contributed by atoms with Crippen molar-refractivity contribution in [3.05, 3.63) is 35.4 Å². The second-order valence-corrected chi connectivity index (χ2v) is 7.01. The van der Waals surface area contributed by atoms with E-state index in [0.29, 0.717) is 12.1 Å². The maximum absolute atomic E-state index is 12.2. The minimum Gasteiger partial charge on any atom is -0.444 e. The average Bonchev–Trinajstić information content (AvgIpc) is 2.33. The summed E-state index contributed by atoms with van der Waals surface area (Å²) in [6, 6.07) is 7.38. The largest absolute Gasteiger partial charge is 0.444 e. The third-order valence-corrected chi connectivity index (χ3v) is 2.92. The number of carbonyl (C=O) groups is 2. The lowest BCUT2D eigenvalue weighted by molar-refractivity contribution is 0.0469. The molecule has 0 fully saturated rings. The lowest BCUT2D eigenvalue weighted by atomic mass is 10.0. The Bertz CT molecular complexity index is 545. The molecule has 0 aliphatic heterocycles. The third kappa shape index (κ3) is 6.16. The van der Waals surface area contributed by atoms with Crippen molar-refractivity contribution in [1.82, 2.24) is 10.6 Å².